The Balaban J connectivity index is 4.34. The molecule has 1 unspecified atom stereocenters. The molecule has 1 amide bonds. The van der Waals surface area contributed by atoms with Crippen LogP contribution in [0.25, 0.3) is 0 Å². The summed E-state index contributed by atoms with van der Waals surface area (Å²) in [6, 6.07) is 0. The van der Waals surface area contributed by atoms with Crippen LogP contribution in [0.2, 0.25) is 0 Å². The smallest absolute Gasteiger partial charge is 0.313 e. The molecular formula is C7H12N2O3S. The Morgan fingerprint density at radius 2 is 2.31 bits per heavy atom. The quantitative estimate of drug-likeness (QED) is 0.662. The minimum atomic E-state index is -2.49. The van der Waals surface area contributed by atoms with E-state index < -0.39 is 22.6 Å². The minimum Gasteiger partial charge on any atom is -0.330 e. The summed E-state index contributed by atoms with van der Waals surface area (Å²) < 4.78 is 23.7. The Hall–Kier alpha value is -1.17. The van der Waals surface area contributed by atoms with Crippen molar-refractivity contribution < 1.29 is 13.2 Å². The van der Waals surface area contributed by atoms with Gasteiger partial charge in [-0.15, -0.1) is 4.36 Å². The number of carbonyl (C=O) groups excluding carboxylic acids is 1. The fourth-order valence-electron chi connectivity index (χ4n) is 0.752. The Bertz CT molecular complexity index is 300. The summed E-state index contributed by atoms with van der Waals surface area (Å²) >= 11 is 0. The van der Waals surface area contributed by atoms with Gasteiger partial charge in [-0.2, -0.15) is 8.42 Å². The summed E-state index contributed by atoms with van der Waals surface area (Å²) in [4.78, 5) is 10.8. The number of rotatable bonds is 5. The van der Waals surface area contributed by atoms with Gasteiger partial charge in [0.1, 0.15) is 6.17 Å². The van der Waals surface area contributed by atoms with E-state index in [9.17, 15) is 13.2 Å². The van der Waals surface area contributed by atoms with Crippen LogP contribution in [0.5, 0.6) is 0 Å². The van der Waals surface area contributed by atoms with Crippen LogP contribution in [-0.2, 0) is 15.3 Å². The van der Waals surface area contributed by atoms with E-state index in [4.69, 9.17) is 0 Å². The van der Waals surface area contributed by atoms with Crippen LogP contribution in [0.4, 0.5) is 0 Å². The Kier molecular flexibility index (Phi) is 5.79. The second-order valence-electron chi connectivity index (χ2n) is 2.34. The molecule has 0 aliphatic carbocycles. The lowest BCUT2D eigenvalue weighted by atomic mass is 10.3. The van der Waals surface area contributed by atoms with Gasteiger partial charge in [-0.25, -0.2) is 0 Å². The maximum absolute atomic E-state index is 10.8. The van der Waals surface area contributed by atoms with Crippen molar-refractivity contribution in [2.24, 2.45) is 4.36 Å². The maximum Gasteiger partial charge on any atom is 0.313 e. The topological polar surface area (TPSA) is 75.6 Å². The number of hydrogen-bond acceptors (Lipinski definition) is 4. The first-order valence-corrected chi connectivity index (χ1v) is 4.86. The average Bonchev–Trinajstić information content (AvgIpc) is 2.03. The molecule has 0 saturated carbocycles. The van der Waals surface area contributed by atoms with Gasteiger partial charge in [0.2, 0.25) is 5.91 Å². The molecule has 13 heavy (non-hydrogen) atoms. The normalized spacial score (nSPS) is 11.5. The molecule has 1 atom stereocenters. The van der Waals surface area contributed by atoms with Crippen LogP contribution in [-0.4, -0.2) is 20.5 Å². The van der Waals surface area contributed by atoms with Crippen molar-refractivity contribution in [2.75, 3.05) is 0 Å². The molecule has 0 aliphatic rings. The van der Waals surface area contributed by atoms with Crippen molar-refractivity contribution in [1.82, 2.24) is 5.32 Å². The van der Waals surface area contributed by atoms with Gasteiger partial charge in [-0.3, -0.25) is 4.79 Å². The summed E-state index contributed by atoms with van der Waals surface area (Å²) in [5.41, 5.74) is 0. The molecule has 1 N–H and O–H groups in total. The van der Waals surface area contributed by atoms with E-state index in [2.05, 4.69) is 16.3 Å². The first kappa shape index (κ1) is 11.8. The molecule has 0 aromatic carbocycles. The van der Waals surface area contributed by atoms with Crippen molar-refractivity contribution in [3.05, 3.63) is 12.7 Å². The van der Waals surface area contributed by atoms with Crippen LogP contribution >= 0.6 is 0 Å². The summed E-state index contributed by atoms with van der Waals surface area (Å²) in [6.07, 6.45) is 1.64. The summed E-state index contributed by atoms with van der Waals surface area (Å²) in [6.45, 7) is 5.12. The molecular weight excluding hydrogens is 192 g/mol. The fraction of sp³-hybridized carbons (Fsp3) is 0.571. The highest BCUT2D eigenvalue weighted by Crippen LogP contribution is 1.97. The van der Waals surface area contributed by atoms with Crippen LogP contribution < -0.4 is 5.32 Å². The van der Waals surface area contributed by atoms with E-state index in [1.165, 1.54) is 0 Å². The summed E-state index contributed by atoms with van der Waals surface area (Å²) in [5, 5.41) is 2.38. The maximum atomic E-state index is 10.8. The molecule has 0 heterocycles. The number of nitrogens with one attached hydrogen (secondary N) is 1. The van der Waals surface area contributed by atoms with Crippen molar-refractivity contribution in [3.63, 3.8) is 0 Å². The number of amides is 1. The molecule has 0 aromatic rings. The lowest BCUT2D eigenvalue weighted by molar-refractivity contribution is -0.117. The van der Waals surface area contributed by atoms with E-state index in [1.807, 2.05) is 6.92 Å². The molecule has 0 fully saturated rings. The van der Waals surface area contributed by atoms with Gasteiger partial charge in [0.05, 0.1) is 0 Å². The monoisotopic (exact) mass is 204 g/mol. The van der Waals surface area contributed by atoms with Crippen molar-refractivity contribution in [1.29, 1.82) is 0 Å². The van der Waals surface area contributed by atoms with Gasteiger partial charge in [0.15, 0.2) is 0 Å². The molecule has 0 aliphatic heterocycles. The van der Waals surface area contributed by atoms with E-state index >= 15 is 0 Å². The number of hydrogen-bond donors (Lipinski definition) is 1. The average molecular weight is 204 g/mol. The molecule has 5 nitrogen and oxygen atoms in total. The number of carbonyl (C=O) groups is 1. The fourth-order valence-corrected chi connectivity index (χ4v) is 1.12. The highest BCUT2D eigenvalue weighted by molar-refractivity contribution is 7.61. The molecule has 0 spiro atoms. The van der Waals surface area contributed by atoms with Crippen LogP contribution in [0.1, 0.15) is 19.8 Å². The van der Waals surface area contributed by atoms with Crippen LogP contribution in [0, 0.1) is 0 Å². The molecule has 0 bridgehead atoms. The largest absolute Gasteiger partial charge is 0.330 e. The van der Waals surface area contributed by atoms with E-state index in [0.717, 1.165) is 12.5 Å². The van der Waals surface area contributed by atoms with E-state index in [1.54, 1.807) is 0 Å². The zero-order chi connectivity index (χ0) is 10.3. The van der Waals surface area contributed by atoms with Crippen molar-refractivity contribution in [3.8, 4) is 0 Å². The first-order chi connectivity index (χ1) is 6.10. The predicted octanol–water partition coefficient (Wildman–Crippen LogP) is 0.477. The Morgan fingerprint density at radius 1 is 1.69 bits per heavy atom. The van der Waals surface area contributed by atoms with Gasteiger partial charge in [-0.1, -0.05) is 19.9 Å². The van der Waals surface area contributed by atoms with Crippen LogP contribution in [0.15, 0.2) is 17.0 Å². The zero-order valence-electron chi connectivity index (χ0n) is 7.36. The SMILES string of the molecule is C=CC(=O)NC(CCC)N=S(=O)=O. The molecule has 0 rings (SSSR count). The Morgan fingerprint density at radius 3 is 2.69 bits per heavy atom. The van der Waals surface area contributed by atoms with Crippen LogP contribution in [0.3, 0.4) is 0 Å². The highest BCUT2D eigenvalue weighted by atomic mass is 32.2. The van der Waals surface area contributed by atoms with E-state index in [-0.39, 0.29) is 0 Å². The third kappa shape index (κ3) is 6.03. The van der Waals surface area contributed by atoms with Gasteiger partial charge in [-0.05, 0) is 12.5 Å². The van der Waals surface area contributed by atoms with Crippen molar-refractivity contribution >= 4 is 16.4 Å². The molecule has 0 aromatic heterocycles. The predicted molar refractivity (Wildman–Crippen MR) is 48.4 cm³/mol. The van der Waals surface area contributed by atoms with Gasteiger partial charge in [0, 0.05) is 0 Å². The number of nitrogens with zero attached hydrogens (tertiary/aromatic N) is 1. The lowest BCUT2D eigenvalue weighted by Crippen LogP contribution is -2.31. The van der Waals surface area contributed by atoms with Crippen molar-refractivity contribution in [2.45, 2.75) is 25.9 Å². The molecule has 0 radical (unpaired) electrons. The minimum absolute atomic E-state index is 0.423. The van der Waals surface area contributed by atoms with Gasteiger partial charge < -0.3 is 5.32 Å². The second kappa shape index (κ2) is 6.36. The van der Waals surface area contributed by atoms with E-state index in [0.29, 0.717) is 6.42 Å². The molecule has 74 valence electrons. The third-order valence-electron chi connectivity index (χ3n) is 1.27. The first-order valence-electron chi connectivity index (χ1n) is 3.83. The molecule has 0 saturated heterocycles. The third-order valence-corrected chi connectivity index (χ3v) is 1.70. The highest BCUT2D eigenvalue weighted by Gasteiger charge is 2.07. The summed E-state index contributed by atoms with van der Waals surface area (Å²) in [7, 11) is -2.49. The van der Waals surface area contributed by atoms with Gasteiger partial charge >= 0.3 is 10.5 Å². The summed E-state index contributed by atoms with van der Waals surface area (Å²) in [5.74, 6) is -0.423. The zero-order valence-corrected chi connectivity index (χ0v) is 8.17. The second-order valence-corrected chi connectivity index (χ2v) is 2.98. The van der Waals surface area contributed by atoms with Gasteiger partial charge in [0.25, 0.3) is 0 Å². The lowest BCUT2D eigenvalue weighted by Gasteiger charge is -2.08. The standard InChI is InChI=1S/C7H12N2O3S/c1-3-5-6(9-13(11)12)8-7(10)4-2/h4,6H,2-3,5H2,1H3,(H,8,10). The Labute approximate surface area is 78.5 Å². The molecule has 6 heteroatoms.